The molecule has 0 saturated heterocycles. The fourth-order valence-electron chi connectivity index (χ4n) is 2.40. The van der Waals surface area contributed by atoms with E-state index in [0.717, 1.165) is 17.7 Å². The first-order valence-corrected chi connectivity index (χ1v) is 8.11. The van der Waals surface area contributed by atoms with Crippen molar-refractivity contribution >= 4 is 11.8 Å². The van der Waals surface area contributed by atoms with Crippen LogP contribution in [0, 0.1) is 12.7 Å². The van der Waals surface area contributed by atoms with Gasteiger partial charge in [-0.1, -0.05) is 24.6 Å². The highest BCUT2D eigenvalue weighted by molar-refractivity contribution is 7.98. The summed E-state index contributed by atoms with van der Waals surface area (Å²) >= 11 is 1.82. The monoisotopic (exact) mass is 284 g/mol. The molecule has 0 amide bonds. The first-order chi connectivity index (χ1) is 9.04. The van der Waals surface area contributed by atoms with Gasteiger partial charge in [0.1, 0.15) is 5.82 Å². The molecule has 0 aromatic heterocycles. The van der Waals surface area contributed by atoms with Gasteiger partial charge in [0.25, 0.3) is 0 Å². The van der Waals surface area contributed by atoms with Crippen LogP contribution in [-0.4, -0.2) is 36.5 Å². The molecule has 4 heteroatoms. The number of likely N-dealkylation sites (N-methyl/N-ethyl adjacent to an activating group) is 1. The Morgan fingerprint density at radius 3 is 2.63 bits per heavy atom. The van der Waals surface area contributed by atoms with Crippen LogP contribution in [0.1, 0.15) is 30.5 Å². The van der Waals surface area contributed by atoms with E-state index in [1.54, 1.807) is 6.07 Å². The molecule has 2 atom stereocenters. The van der Waals surface area contributed by atoms with Crippen LogP contribution < -0.4 is 5.73 Å². The summed E-state index contributed by atoms with van der Waals surface area (Å²) in [6, 6.07) is 5.61. The third-order valence-electron chi connectivity index (χ3n) is 3.63. The molecule has 0 bridgehead atoms. The minimum atomic E-state index is -0.160. The van der Waals surface area contributed by atoms with Crippen molar-refractivity contribution in [3.8, 4) is 0 Å². The van der Waals surface area contributed by atoms with E-state index >= 15 is 0 Å². The highest BCUT2D eigenvalue weighted by Gasteiger charge is 2.24. The third-order valence-corrected chi connectivity index (χ3v) is 4.35. The van der Waals surface area contributed by atoms with Crippen molar-refractivity contribution in [1.82, 2.24) is 4.90 Å². The Morgan fingerprint density at radius 1 is 1.42 bits per heavy atom. The maximum absolute atomic E-state index is 14.0. The standard InChI is InChI=1S/C15H25FN2S/c1-5-12(10-19-4)18(3)15(9-17)13-8-11(2)6-7-14(13)16/h6-8,12,15H,5,9-10,17H2,1-4H3. The Balaban J connectivity index is 3.01. The van der Waals surface area contributed by atoms with Gasteiger partial charge in [-0.2, -0.15) is 11.8 Å². The Labute approximate surface area is 120 Å². The number of aryl methyl sites for hydroxylation is 1. The predicted molar refractivity (Wildman–Crippen MR) is 83.2 cm³/mol. The molecule has 0 saturated carbocycles. The van der Waals surface area contributed by atoms with Crippen molar-refractivity contribution in [3.63, 3.8) is 0 Å². The lowest BCUT2D eigenvalue weighted by atomic mass is 10.0. The zero-order valence-electron chi connectivity index (χ0n) is 12.3. The molecule has 0 radical (unpaired) electrons. The Bertz CT molecular complexity index is 398. The van der Waals surface area contributed by atoms with E-state index in [4.69, 9.17) is 5.73 Å². The molecular formula is C15H25FN2S. The molecule has 108 valence electrons. The van der Waals surface area contributed by atoms with Gasteiger partial charge in [-0.05, 0) is 32.7 Å². The molecular weight excluding hydrogens is 259 g/mol. The summed E-state index contributed by atoms with van der Waals surface area (Å²) in [6.07, 6.45) is 3.14. The summed E-state index contributed by atoms with van der Waals surface area (Å²) in [5, 5.41) is 0. The minimum absolute atomic E-state index is 0.0583. The second kappa shape index (κ2) is 7.88. The lowest BCUT2D eigenvalue weighted by Crippen LogP contribution is -2.40. The van der Waals surface area contributed by atoms with Gasteiger partial charge in [0.15, 0.2) is 0 Å². The zero-order chi connectivity index (χ0) is 14.4. The maximum atomic E-state index is 14.0. The van der Waals surface area contributed by atoms with Crippen molar-refractivity contribution in [2.75, 3.05) is 25.6 Å². The molecule has 0 heterocycles. The molecule has 0 fully saturated rings. The average molecular weight is 284 g/mol. The number of benzene rings is 1. The highest BCUT2D eigenvalue weighted by Crippen LogP contribution is 2.26. The normalized spacial score (nSPS) is 14.7. The van der Waals surface area contributed by atoms with Gasteiger partial charge in [-0.25, -0.2) is 4.39 Å². The number of nitrogens with zero attached hydrogens (tertiary/aromatic N) is 1. The van der Waals surface area contributed by atoms with E-state index < -0.39 is 0 Å². The summed E-state index contributed by atoms with van der Waals surface area (Å²) in [5.74, 6) is 0.878. The lowest BCUT2D eigenvalue weighted by Gasteiger charge is -2.34. The smallest absolute Gasteiger partial charge is 0.128 e. The van der Waals surface area contributed by atoms with Crippen molar-refractivity contribution in [1.29, 1.82) is 0 Å². The number of hydrogen-bond donors (Lipinski definition) is 1. The van der Waals surface area contributed by atoms with Gasteiger partial charge in [0, 0.05) is 29.9 Å². The second-order valence-electron chi connectivity index (χ2n) is 4.96. The van der Waals surface area contributed by atoms with E-state index in [1.165, 1.54) is 6.07 Å². The molecule has 2 unspecified atom stereocenters. The Morgan fingerprint density at radius 2 is 2.11 bits per heavy atom. The molecule has 1 rings (SSSR count). The average Bonchev–Trinajstić information content (AvgIpc) is 2.40. The van der Waals surface area contributed by atoms with Crippen molar-refractivity contribution in [2.24, 2.45) is 5.73 Å². The summed E-state index contributed by atoms with van der Waals surface area (Å²) in [7, 11) is 2.05. The van der Waals surface area contributed by atoms with Crippen LogP contribution in [0.15, 0.2) is 18.2 Å². The van der Waals surface area contributed by atoms with Crippen LogP contribution in [0.3, 0.4) is 0 Å². The van der Waals surface area contributed by atoms with Gasteiger partial charge in [0.05, 0.1) is 0 Å². The van der Waals surface area contributed by atoms with Crippen molar-refractivity contribution in [2.45, 2.75) is 32.4 Å². The van der Waals surface area contributed by atoms with Gasteiger partial charge in [-0.15, -0.1) is 0 Å². The number of hydrogen-bond acceptors (Lipinski definition) is 3. The molecule has 2 nitrogen and oxygen atoms in total. The largest absolute Gasteiger partial charge is 0.329 e. The minimum Gasteiger partial charge on any atom is -0.329 e. The summed E-state index contributed by atoms with van der Waals surface area (Å²) in [4.78, 5) is 2.22. The topological polar surface area (TPSA) is 29.3 Å². The van der Waals surface area contributed by atoms with Crippen LogP contribution in [0.2, 0.25) is 0 Å². The highest BCUT2D eigenvalue weighted by atomic mass is 32.2. The SMILES string of the molecule is CCC(CSC)N(C)C(CN)c1cc(C)ccc1F. The number of nitrogens with two attached hydrogens (primary N) is 1. The summed E-state index contributed by atoms with van der Waals surface area (Å²) in [5.41, 5.74) is 7.68. The Kier molecular flexibility index (Phi) is 6.83. The molecule has 0 aliphatic heterocycles. The van der Waals surface area contributed by atoms with Gasteiger partial charge < -0.3 is 5.73 Å². The van der Waals surface area contributed by atoms with Crippen molar-refractivity contribution < 1.29 is 4.39 Å². The molecule has 1 aromatic rings. The first-order valence-electron chi connectivity index (χ1n) is 6.72. The van der Waals surface area contributed by atoms with Crippen LogP contribution in [-0.2, 0) is 0 Å². The van der Waals surface area contributed by atoms with Crippen LogP contribution >= 0.6 is 11.8 Å². The van der Waals surface area contributed by atoms with E-state index in [0.29, 0.717) is 18.2 Å². The number of halogens is 1. The van der Waals surface area contributed by atoms with Gasteiger partial charge >= 0.3 is 0 Å². The second-order valence-corrected chi connectivity index (χ2v) is 5.87. The molecule has 2 N–H and O–H groups in total. The molecule has 0 aliphatic carbocycles. The van der Waals surface area contributed by atoms with Crippen LogP contribution in [0.4, 0.5) is 4.39 Å². The maximum Gasteiger partial charge on any atom is 0.128 e. The van der Waals surface area contributed by atoms with Crippen molar-refractivity contribution in [3.05, 3.63) is 35.1 Å². The van der Waals surface area contributed by atoms with E-state index in [9.17, 15) is 4.39 Å². The fourth-order valence-corrected chi connectivity index (χ4v) is 3.26. The van der Waals surface area contributed by atoms with Crippen LogP contribution in [0.5, 0.6) is 0 Å². The zero-order valence-corrected chi connectivity index (χ0v) is 13.1. The number of rotatable bonds is 7. The quantitative estimate of drug-likeness (QED) is 0.833. The van der Waals surface area contributed by atoms with Crippen LogP contribution in [0.25, 0.3) is 0 Å². The van der Waals surface area contributed by atoms with E-state index in [1.807, 2.05) is 31.8 Å². The molecule has 0 aliphatic rings. The van der Waals surface area contributed by atoms with Gasteiger partial charge in [0.2, 0.25) is 0 Å². The van der Waals surface area contributed by atoms with E-state index in [-0.39, 0.29) is 11.9 Å². The lowest BCUT2D eigenvalue weighted by molar-refractivity contribution is 0.184. The third kappa shape index (κ3) is 4.20. The Hall–Kier alpha value is -0.580. The van der Waals surface area contributed by atoms with Gasteiger partial charge in [-0.3, -0.25) is 4.90 Å². The molecule has 1 aromatic carbocycles. The van der Waals surface area contributed by atoms with E-state index in [2.05, 4.69) is 18.1 Å². The predicted octanol–water partition coefficient (Wildman–Crippen LogP) is 3.21. The molecule has 0 spiro atoms. The first kappa shape index (κ1) is 16.5. The number of thioether (sulfide) groups is 1. The molecule has 19 heavy (non-hydrogen) atoms. The summed E-state index contributed by atoms with van der Waals surface area (Å²) in [6.45, 7) is 4.58. The fraction of sp³-hybridized carbons (Fsp3) is 0.600. The summed E-state index contributed by atoms with van der Waals surface area (Å²) < 4.78 is 14.0.